The van der Waals surface area contributed by atoms with Gasteiger partial charge in [0.15, 0.2) is 23.0 Å². The molecular weight excluding hydrogens is 388 g/mol. The summed E-state index contributed by atoms with van der Waals surface area (Å²) < 4.78 is 22.5. The lowest BCUT2D eigenvalue weighted by atomic mass is 10.1. The van der Waals surface area contributed by atoms with Gasteiger partial charge in [0.2, 0.25) is 6.10 Å². The number of ether oxygens (including phenoxy) is 4. The number of hydrogen-bond donors (Lipinski definition) is 0. The van der Waals surface area contributed by atoms with E-state index in [2.05, 4.69) is 0 Å². The molecule has 0 saturated carbocycles. The van der Waals surface area contributed by atoms with Crippen LogP contribution >= 0.6 is 0 Å². The van der Waals surface area contributed by atoms with Crippen LogP contribution in [0.5, 0.6) is 23.0 Å². The lowest BCUT2D eigenvalue weighted by Crippen LogP contribution is -2.55. The molecule has 1 saturated heterocycles. The Balaban J connectivity index is 1.19. The van der Waals surface area contributed by atoms with Crippen molar-refractivity contribution in [1.29, 1.82) is 0 Å². The number of carbonyl (C=O) groups excluding carboxylic acids is 2. The Labute approximate surface area is 173 Å². The van der Waals surface area contributed by atoms with Crippen molar-refractivity contribution in [1.82, 2.24) is 9.80 Å². The van der Waals surface area contributed by atoms with Crippen LogP contribution in [0.25, 0.3) is 0 Å². The van der Waals surface area contributed by atoms with Crippen LogP contribution in [0.15, 0.2) is 42.5 Å². The van der Waals surface area contributed by atoms with Crippen LogP contribution in [0.1, 0.15) is 10.4 Å². The molecule has 30 heavy (non-hydrogen) atoms. The summed E-state index contributed by atoms with van der Waals surface area (Å²) in [5, 5.41) is 0. The first-order chi connectivity index (χ1) is 14.7. The van der Waals surface area contributed by atoms with E-state index in [9.17, 15) is 9.59 Å². The fourth-order valence-electron chi connectivity index (χ4n) is 3.83. The number of hydrogen-bond acceptors (Lipinski definition) is 6. The third-order valence-corrected chi connectivity index (χ3v) is 5.45. The lowest BCUT2D eigenvalue weighted by molar-refractivity contribution is -0.142. The van der Waals surface area contributed by atoms with Crippen LogP contribution in [0.2, 0.25) is 0 Å². The zero-order chi connectivity index (χ0) is 20.5. The van der Waals surface area contributed by atoms with Crippen molar-refractivity contribution in [3.8, 4) is 23.0 Å². The predicted molar refractivity (Wildman–Crippen MR) is 106 cm³/mol. The topological polar surface area (TPSA) is 77.5 Å². The zero-order valence-electron chi connectivity index (χ0n) is 16.4. The van der Waals surface area contributed by atoms with Crippen molar-refractivity contribution in [2.75, 3.05) is 46.0 Å². The van der Waals surface area contributed by atoms with Gasteiger partial charge in [-0.05, 0) is 30.3 Å². The van der Waals surface area contributed by atoms with Gasteiger partial charge in [0.25, 0.3) is 11.8 Å². The van der Waals surface area contributed by atoms with E-state index < -0.39 is 6.10 Å². The van der Waals surface area contributed by atoms with Crippen molar-refractivity contribution >= 4 is 11.8 Å². The summed E-state index contributed by atoms with van der Waals surface area (Å²) >= 11 is 0. The third-order valence-electron chi connectivity index (χ3n) is 5.45. The first-order valence-electron chi connectivity index (χ1n) is 10.1. The number of benzene rings is 2. The highest BCUT2D eigenvalue weighted by molar-refractivity contribution is 5.95. The summed E-state index contributed by atoms with van der Waals surface area (Å²) in [4.78, 5) is 29.2. The summed E-state index contributed by atoms with van der Waals surface area (Å²) in [6, 6.07) is 12.5. The number of carbonyl (C=O) groups is 2. The molecule has 0 radical (unpaired) electrons. The lowest BCUT2D eigenvalue weighted by Gasteiger charge is -2.37. The number of piperazine rings is 1. The molecule has 5 rings (SSSR count). The molecule has 1 atom stereocenters. The fraction of sp³-hybridized carbons (Fsp3) is 0.364. The predicted octanol–water partition coefficient (Wildman–Crippen LogP) is 1.58. The molecule has 2 aromatic rings. The quantitative estimate of drug-likeness (QED) is 0.748. The molecule has 0 spiro atoms. The van der Waals surface area contributed by atoms with Crippen LogP contribution < -0.4 is 18.9 Å². The molecule has 8 nitrogen and oxygen atoms in total. The van der Waals surface area contributed by atoms with Crippen LogP contribution in [-0.4, -0.2) is 73.7 Å². The molecule has 3 aliphatic rings. The summed E-state index contributed by atoms with van der Waals surface area (Å²) in [6.45, 7) is 3.01. The summed E-state index contributed by atoms with van der Waals surface area (Å²) in [5.41, 5.74) is 0.555. The Bertz CT molecular complexity index is 970. The first-order valence-corrected chi connectivity index (χ1v) is 10.1. The van der Waals surface area contributed by atoms with E-state index in [-0.39, 0.29) is 18.4 Å². The highest BCUT2D eigenvalue weighted by Gasteiger charge is 2.33. The minimum Gasteiger partial charge on any atom is -0.486 e. The van der Waals surface area contributed by atoms with E-state index >= 15 is 0 Å². The van der Waals surface area contributed by atoms with E-state index in [0.717, 1.165) is 0 Å². The van der Waals surface area contributed by atoms with Gasteiger partial charge in [-0.25, -0.2) is 0 Å². The Kier molecular flexibility index (Phi) is 4.82. The van der Waals surface area contributed by atoms with E-state index in [0.29, 0.717) is 68.0 Å². The minimum atomic E-state index is -0.667. The molecule has 0 N–H and O–H groups in total. The number of rotatable bonds is 2. The van der Waals surface area contributed by atoms with Crippen LogP contribution in [0.3, 0.4) is 0 Å². The highest BCUT2D eigenvalue weighted by atomic mass is 16.6. The van der Waals surface area contributed by atoms with Gasteiger partial charge in [-0.2, -0.15) is 0 Å². The summed E-state index contributed by atoms with van der Waals surface area (Å²) in [5.74, 6) is 2.28. The van der Waals surface area contributed by atoms with E-state index in [4.69, 9.17) is 18.9 Å². The largest absolute Gasteiger partial charge is 0.486 e. The average Bonchev–Trinajstić information content (AvgIpc) is 2.82. The molecule has 156 valence electrons. The van der Waals surface area contributed by atoms with E-state index in [1.807, 2.05) is 18.2 Å². The van der Waals surface area contributed by atoms with E-state index in [1.54, 1.807) is 34.1 Å². The third kappa shape index (κ3) is 3.49. The van der Waals surface area contributed by atoms with Gasteiger partial charge in [-0.15, -0.1) is 0 Å². The van der Waals surface area contributed by atoms with Gasteiger partial charge < -0.3 is 28.7 Å². The van der Waals surface area contributed by atoms with Gasteiger partial charge in [-0.1, -0.05) is 12.1 Å². The second kappa shape index (κ2) is 7.78. The second-order valence-electron chi connectivity index (χ2n) is 7.34. The molecule has 0 aromatic heterocycles. The monoisotopic (exact) mass is 410 g/mol. The Morgan fingerprint density at radius 2 is 1.43 bits per heavy atom. The molecule has 3 heterocycles. The van der Waals surface area contributed by atoms with Gasteiger partial charge in [-0.3, -0.25) is 9.59 Å². The number of para-hydroxylation sites is 2. The Morgan fingerprint density at radius 3 is 2.23 bits per heavy atom. The molecule has 0 unspecified atom stereocenters. The van der Waals surface area contributed by atoms with Crippen LogP contribution in [-0.2, 0) is 4.79 Å². The van der Waals surface area contributed by atoms with Crippen molar-refractivity contribution < 1.29 is 28.5 Å². The number of nitrogens with zero attached hydrogens (tertiary/aromatic N) is 2. The van der Waals surface area contributed by atoms with Crippen molar-refractivity contribution in [3.63, 3.8) is 0 Å². The average molecular weight is 410 g/mol. The van der Waals surface area contributed by atoms with E-state index in [1.165, 1.54) is 0 Å². The van der Waals surface area contributed by atoms with Crippen LogP contribution in [0.4, 0.5) is 0 Å². The smallest absolute Gasteiger partial charge is 0.267 e. The molecule has 8 heteroatoms. The molecular formula is C22H22N2O6. The molecule has 2 aromatic carbocycles. The summed E-state index contributed by atoms with van der Waals surface area (Å²) in [7, 11) is 0. The van der Waals surface area contributed by atoms with Crippen molar-refractivity contribution in [3.05, 3.63) is 48.0 Å². The second-order valence-corrected chi connectivity index (χ2v) is 7.34. The highest BCUT2D eigenvalue weighted by Crippen LogP contribution is 2.32. The fourth-order valence-corrected chi connectivity index (χ4v) is 3.83. The van der Waals surface area contributed by atoms with Crippen molar-refractivity contribution in [2.45, 2.75) is 6.10 Å². The Morgan fingerprint density at radius 1 is 0.767 bits per heavy atom. The van der Waals surface area contributed by atoms with Crippen molar-refractivity contribution in [2.24, 2.45) is 0 Å². The normalized spacial score (nSPS) is 19.9. The van der Waals surface area contributed by atoms with Gasteiger partial charge in [0.1, 0.15) is 19.8 Å². The molecule has 3 aliphatic heterocycles. The SMILES string of the molecule is O=C(c1ccc2c(c1)OCCO2)N1CCN(C(=O)[C@@H]2COc3ccccc3O2)CC1. The molecule has 0 bridgehead atoms. The van der Waals surface area contributed by atoms with Gasteiger partial charge >= 0.3 is 0 Å². The van der Waals surface area contributed by atoms with Crippen LogP contribution in [0, 0.1) is 0 Å². The zero-order valence-corrected chi connectivity index (χ0v) is 16.4. The van der Waals surface area contributed by atoms with Gasteiger partial charge in [0, 0.05) is 31.7 Å². The number of fused-ring (bicyclic) bond motifs is 2. The Hall–Kier alpha value is -3.42. The summed E-state index contributed by atoms with van der Waals surface area (Å²) in [6.07, 6.45) is -0.667. The maximum absolute atomic E-state index is 12.9. The standard InChI is InChI=1S/C22H22N2O6/c25-21(15-5-6-17-19(13-15)28-12-11-27-17)23-7-9-24(10-8-23)22(26)20-14-29-16-3-1-2-4-18(16)30-20/h1-6,13,20H,7-12,14H2/t20-/m0/s1. The maximum atomic E-state index is 12.9. The van der Waals surface area contributed by atoms with Gasteiger partial charge in [0.05, 0.1) is 0 Å². The first kappa shape index (κ1) is 18.6. The molecule has 2 amide bonds. The number of amides is 2. The molecule has 0 aliphatic carbocycles. The maximum Gasteiger partial charge on any atom is 0.267 e. The molecule has 1 fully saturated rings. The minimum absolute atomic E-state index is 0.0785.